The highest BCUT2D eigenvalue weighted by Gasteiger charge is 2.39. The highest BCUT2D eigenvalue weighted by Crippen LogP contribution is 2.25. The minimum Gasteiger partial charge on any atom is -0.423 e. The Bertz CT molecular complexity index is 427. The van der Waals surface area contributed by atoms with E-state index in [1.807, 2.05) is 31.2 Å². The number of aliphatic hydroxyl groups is 1. The first kappa shape index (κ1) is 16.7. The number of rotatable bonds is 5. The van der Waals surface area contributed by atoms with E-state index in [1.165, 1.54) is 0 Å². The van der Waals surface area contributed by atoms with Crippen LogP contribution in [0.4, 0.5) is 0 Å². The van der Waals surface area contributed by atoms with E-state index in [0.29, 0.717) is 5.46 Å². The zero-order valence-corrected chi connectivity index (χ0v) is 13.7. The summed E-state index contributed by atoms with van der Waals surface area (Å²) in [6.07, 6.45) is 0. The summed E-state index contributed by atoms with van der Waals surface area (Å²) in [6.45, 7) is 8.86. The van der Waals surface area contributed by atoms with Gasteiger partial charge in [-0.25, -0.2) is 0 Å². The van der Waals surface area contributed by atoms with Crippen LogP contribution in [0, 0.1) is 0 Å². The van der Waals surface area contributed by atoms with Gasteiger partial charge in [-0.1, -0.05) is 40.2 Å². The third kappa shape index (κ3) is 4.31. The van der Waals surface area contributed by atoms with Crippen molar-refractivity contribution in [2.75, 3.05) is 0 Å². The Morgan fingerprint density at radius 3 is 2.32 bits per heavy atom. The number of hydrogen-bond acceptors (Lipinski definition) is 3. The van der Waals surface area contributed by atoms with Gasteiger partial charge in [-0.05, 0) is 45.6 Å². The van der Waals surface area contributed by atoms with Crippen molar-refractivity contribution in [1.29, 1.82) is 0 Å². The van der Waals surface area contributed by atoms with Crippen molar-refractivity contribution in [3.05, 3.63) is 29.8 Å². The monoisotopic (exact) mass is 328 g/mol. The molecule has 0 aliphatic heterocycles. The van der Waals surface area contributed by atoms with Crippen LogP contribution in [0.2, 0.25) is 0 Å². The van der Waals surface area contributed by atoms with Crippen molar-refractivity contribution in [2.24, 2.45) is 0 Å². The van der Waals surface area contributed by atoms with Crippen molar-refractivity contribution in [2.45, 2.75) is 50.6 Å². The van der Waals surface area contributed by atoms with Crippen molar-refractivity contribution >= 4 is 28.5 Å². The molecule has 0 radical (unpaired) electrons. The Morgan fingerprint density at radius 2 is 1.84 bits per heavy atom. The Hall–Kier alpha value is -0.355. The molecule has 0 spiro atoms. The van der Waals surface area contributed by atoms with Crippen LogP contribution in [0.15, 0.2) is 24.3 Å². The molecule has 2 N–H and O–H groups in total. The molecular formula is C14H22BBrO3. The lowest BCUT2D eigenvalue weighted by molar-refractivity contribution is -0.0982. The van der Waals surface area contributed by atoms with Gasteiger partial charge in [-0.15, -0.1) is 0 Å². The third-order valence-corrected chi connectivity index (χ3v) is 4.06. The number of hydrogen-bond donors (Lipinski definition) is 2. The summed E-state index contributed by atoms with van der Waals surface area (Å²) in [7, 11) is -1.06. The molecule has 5 heteroatoms. The maximum atomic E-state index is 10.2. The molecule has 106 valence electrons. The fourth-order valence-electron chi connectivity index (χ4n) is 1.45. The second-order valence-electron chi connectivity index (χ2n) is 5.83. The quantitative estimate of drug-likeness (QED) is 0.644. The largest absolute Gasteiger partial charge is 0.491 e. The SMILES string of the molecule is CC(Br)c1cccc(B(O)OC(C)(C)C(C)(C)O)c1. The molecule has 0 bridgehead atoms. The van der Waals surface area contributed by atoms with Crippen LogP contribution in [-0.2, 0) is 4.65 Å². The molecule has 0 aliphatic carbocycles. The number of alkyl halides is 1. The van der Waals surface area contributed by atoms with Crippen molar-refractivity contribution in [1.82, 2.24) is 0 Å². The van der Waals surface area contributed by atoms with Crippen LogP contribution in [0.3, 0.4) is 0 Å². The minimum absolute atomic E-state index is 0.210. The fraction of sp³-hybridized carbons (Fsp3) is 0.571. The van der Waals surface area contributed by atoms with E-state index < -0.39 is 18.3 Å². The van der Waals surface area contributed by atoms with Gasteiger partial charge in [0.25, 0.3) is 0 Å². The normalized spacial score (nSPS) is 14.3. The lowest BCUT2D eigenvalue weighted by Crippen LogP contribution is -2.53. The van der Waals surface area contributed by atoms with E-state index in [2.05, 4.69) is 15.9 Å². The van der Waals surface area contributed by atoms with Gasteiger partial charge >= 0.3 is 7.12 Å². The average Bonchev–Trinajstić information content (AvgIpc) is 2.27. The molecule has 0 aromatic heterocycles. The lowest BCUT2D eigenvalue weighted by atomic mass is 9.76. The highest BCUT2D eigenvalue weighted by atomic mass is 79.9. The molecule has 0 fully saturated rings. The molecule has 1 unspecified atom stereocenters. The molecule has 1 atom stereocenters. The standard InChI is InChI=1S/C14H22BBrO3/c1-10(16)11-7-6-8-12(9-11)15(18)19-14(4,5)13(2,3)17/h6-10,17-18H,1-5H3. The van der Waals surface area contributed by atoms with E-state index >= 15 is 0 Å². The van der Waals surface area contributed by atoms with Gasteiger partial charge in [0.2, 0.25) is 0 Å². The summed E-state index contributed by atoms with van der Waals surface area (Å²) >= 11 is 3.50. The van der Waals surface area contributed by atoms with Crippen molar-refractivity contribution < 1.29 is 14.8 Å². The van der Waals surface area contributed by atoms with Crippen LogP contribution >= 0.6 is 15.9 Å². The van der Waals surface area contributed by atoms with Gasteiger partial charge < -0.3 is 14.8 Å². The van der Waals surface area contributed by atoms with Crippen LogP contribution in [0.25, 0.3) is 0 Å². The van der Waals surface area contributed by atoms with Gasteiger partial charge in [0.05, 0.1) is 11.2 Å². The van der Waals surface area contributed by atoms with E-state index in [1.54, 1.807) is 27.7 Å². The Labute approximate surface area is 124 Å². The molecule has 1 aromatic rings. The first-order valence-corrected chi connectivity index (χ1v) is 7.28. The summed E-state index contributed by atoms with van der Waals surface area (Å²) in [6, 6.07) is 7.57. The smallest absolute Gasteiger partial charge is 0.423 e. The van der Waals surface area contributed by atoms with Crippen molar-refractivity contribution in [3.8, 4) is 0 Å². The molecule has 19 heavy (non-hydrogen) atoms. The van der Waals surface area contributed by atoms with Gasteiger partial charge in [-0.3, -0.25) is 0 Å². The lowest BCUT2D eigenvalue weighted by Gasteiger charge is -2.38. The van der Waals surface area contributed by atoms with Gasteiger partial charge in [0.1, 0.15) is 0 Å². The molecule has 0 amide bonds. The first-order valence-electron chi connectivity index (χ1n) is 6.37. The zero-order chi connectivity index (χ0) is 14.8. The summed E-state index contributed by atoms with van der Waals surface area (Å²) in [5.74, 6) is 0. The summed E-state index contributed by atoms with van der Waals surface area (Å²) in [4.78, 5) is 0.210. The third-order valence-electron chi connectivity index (χ3n) is 3.53. The fourth-order valence-corrected chi connectivity index (χ4v) is 1.74. The predicted molar refractivity (Wildman–Crippen MR) is 82.9 cm³/mol. The van der Waals surface area contributed by atoms with Gasteiger partial charge in [-0.2, -0.15) is 0 Å². The number of benzene rings is 1. The molecule has 1 rings (SSSR count). The van der Waals surface area contributed by atoms with E-state index in [-0.39, 0.29) is 4.83 Å². The Kier molecular flexibility index (Phi) is 5.24. The first-order chi connectivity index (χ1) is 8.54. The molecular weight excluding hydrogens is 307 g/mol. The number of halogens is 1. The van der Waals surface area contributed by atoms with E-state index in [4.69, 9.17) is 4.65 Å². The zero-order valence-electron chi connectivity index (χ0n) is 12.1. The van der Waals surface area contributed by atoms with Gasteiger partial charge in [0, 0.05) is 4.83 Å². The Balaban J connectivity index is 2.90. The maximum absolute atomic E-state index is 10.2. The van der Waals surface area contributed by atoms with Gasteiger partial charge in [0.15, 0.2) is 0 Å². The van der Waals surface area contributed by atoms with E-state index in [9.17, 15) is 10.1 Å². The van der Waals surface area contributed by atoms with Crippen LogP contribution in [0.5, 0.6) is 0 Å². The highest BCUT2D eigenvalue weighted by molar-refractivity contribution is 9.09. The topological polar surface area (TPSA) is 49.7 Å². The van der Waals surface area contributed by atoms with Crippen LogP contribution in [-0.4, -0.2) is 28.5 Å². The Morgan fingerprint density at radius 1 is 1.26 bits per heavy atom. The summed E-state index contributed by atoms with van der Waals surface area (Å²) in [5.41, 5.74) is -0.154. The van der Waals surface area contributed by atoms with Crippen LogP contribution in [0.1, 0.15) is 45.0 Å². The molecule has 0 heterocycles. The molecule has 0 saturated heterocycles. The van der Waals surface area contributed by atoms with Crippen molar-refractivity contribution in [3.63, 3.8) is 0 Å². The summed E-state index contributed by atoms with van der Waals surface area (Å²) < 4.78 is 5.61. The minimum atomic E-state index is -1.06. The van der Waals surface area contributed by atoms with Crippen LogP contribution < -0.4 is 5.46 Å². The average molecular weight is 329 g/mol. The maximum Gasteiger partial charge on any atom is 0.491 e. The summed E-state index contributed by atoms with van der Waals surface area (Å²) in [5, 5.41) is 20.2. The second-order valence-corrected chi connectivity index (χ2v) is 7.20. The second kappa shape index (κ2) is 5.96. The van der Waals surface area contributed by atoms with E-state index in [0.717, 1.165) is 5.56 Å². The molecule has 3 nitrogen and oxygen atoms in total. The molecule has 0 saturated carbocycles. The molecule has 1 aromatic carbocycles. The molecule has 0 aliphatic rings. The predicted octanol–water partition coefficient (Wildman–Crippen LogP) is 2.40.